The molecule has 2 unspecified atom stereocenters. The fraction of sp³-hybridized carbons (Fsp3) is 0.600. The number of aliphatic hydroxyl groups is 2. The van der Waals surface area contributed by atoms with Gasteiger partial charge in [0, 0.05) is 12.0 Å². The second kappa shape index (κ2) is 6.43. The van der Waals surface area contributed by atoms with E-state index in [1.54, 1.807) is 19.2 Å². The zero-order valence-electron chi connectivity index (χ0n) is 11.8. The molecule has 1 fully saturated rings. The Hall–Kier alpha value is -1.30. The fourth-order valence-corrected chi connectivity index (χ4v) is 2.67. The quantitative estimate of drug-likeness (QED) is 0.755. The molecule has 0 saturated heterocycles. The van der Waals surface area contributed by atoms with E-state index in [1.807, 2.05) is 6.07 Å². The van der Waals surface area contributed by atoms with Crippen LogP contribution in [0, 0.1) is 0 Å². The Morgan fingerprint density at radius 1 is 1.35 bits per heavy atom. The number of hydrogen-bond acceptors (Lipinski definition) is 5. The van der Waals surface area contributed by atoms with Crippen molar-refractivity contribution in [1.82, 2.24) is 0 Å². The molecule has 0 aromatic heterocycles. The van der Waals surface area contributed by atoms with Crippen LogP contribution in [-0.4, -0.2) is 35.6 Å². The Labute approximate surface area is 119 Å². The summed E-state index contributed by atoms with van der Waals surface area (Å²) in [5.41, 5.74) is 6.36. The molecule has 0 heterocycles. The normalized spacial score (nSPS) is 26.3. The number of hydrogen-bond donors (Lipinski definition) is 3. The van der Waals surface area contributed by atoms with Gasteiger partial charge in [-0.25, -0.2) is 0 Å². The monoisotopic (exact) mass is 281 g/mol. The highest BCUT2D eigenvalue weighted by molar-refractivity contribution is 5.43. The highest BCUT2D eigenvalue weighted by atomic mass is 16.5. The van der Waals surface area contributed by atoms with Crippen molar-refractivity contribution in [3.8, 4) is 11.5 Å². The van der Waals surface area contributed by atoms with Gasteiger partial charge in [0.2, 0.25) is 0 Å². The van der Waals surface area contributed by atoms with Gasteiger partial charge < -0.3 is 25.4 Å². The van der Waals surface area contributed by atoms with Gasteiger partial charge in [0.25, 0.3) is 0 Å². The summed E-state index contributed by atoms with van der Waals surface area (Å²) in [6.07, 6.45) is 3.30. The maximum Gasteiger partial charge on any atom is 0.161 e. The largest absolute Gasteiger partial charge is 0.493 e. The van der Waals surface area contributed by atoms with Crippen molar-refractivity contribution in [2.24, 2.45) is 5.73 Å². The van der Waals surface area contributed by atoms with Crippen molar-refractivity contribution in [3.63, 3.8) is 0 Å². The molecule has 20 heavy (non-hydrogen) atoms. The van der Waals surface area contributed by atoms with Crippen LogP contribution in [-0.2, 0) is 6.61 Å². The molecule has 2 atom stereocenters. The zero-order chi connectivity index (χ0) is 14.6. The topological polar surface area (TPSA) is 84.9 Å². The summed E-state index contributed by atoms with van der Waals surface area (Å²) in [6.45, 7) is -0.0516. The number of methoxy groups -OCH3 is 1. The first-order valence-electron chi connectivity index (χ1n) is 6.94. The lowest BCUT2D eigenvalue weighted by molar-refractivity contribution is 0.0711. The molecule has 1 saturated carbocycles. The SMILES string of the molecule is COc1cc(CO)ccc1OC1CCCC(N)(CO)C1. The van der Waals surface area contributed by atoms with E-state index in [0.29, 0.717) is 17.9 Å². The lowest BCUT2D eigenvalue weighted by atomic mass is 9.81. The molecule has 1 aliphatic carbocycles. The molecule has 0 radical (unpaired) electrons. The predicted octanol–water partition coefficient (Wildman–Crippen LogP) is 1.20. The lowest BCUT2D eigenvalue weighted by Gasteiger charge is -2.36. The minimum Gasteiger partial charge on any atom is -0.493 e. The first kappa shape index (κ1) is 15.1. The number of aliphatic hydroxyl groups excluding tert-OH is 2. The van der Waals surface area contributed by atoms with E-state index in [9.17, 15) is 5.11 Å². The van der Waals surface area contributed by atoms with Crippen LogP contribution in [0.15, 0.2) is 18.2 Å². The average Bonchev–Trinajstić information content (AvgIpc) is 2.48. The van der Waals surface area contributed by atoms with Crippen LogP contribution in [0.4, 0.5) is 0 Å². The second-order valence-corrected chi connectivity index (χ2v) is 5.50. The van der Waals surface area contributed by atoms with Gasteiger partial charge in [-0.05, 0) is 37.0 Å². The van der Waals surface area contributed by atoms with Crippen molar-refractivity contribution >= 4 is 0 Å². The minimum absolute atomic E-state index is 0.0187. The summed E-state index contributed by atoms with van der Waals surface area (Å²) in [4.78, 5) is 0. The molecule has 0 bridgehead atoms. The van der Waals surface area contributed by atoms with Crippen LogP contribution in [0.3, 0.4) is 0 Å². The molecule has 1 aromatic carbocycles. The molecule has 0 amide bonds. The first-order chi connectivity index (χ1) is 9.60. The Kier molecular flexibility index (Phi) is 4.86. The van der Waals surface area contributed by atoms with Crippen LogP contribution in [0.25, 0.3) is 0 Å². The minimum atomic E-state index is -0.540. The molecule has 2 rings (SSSR count). The molecule has 0 aliphatic heterocycles. The third-order valence-electron chi connectivity index (χ3n) is 3.85. The molecular weight excluding hydrogens is 258 g/mol. The maximum absolute atomic E-state index is 9.37. The summed E-state index contributed by atoms with van der Waals surface area (Å²) in [6, 6.07) is 5.37. The lowest BCUT2D eigenvalue weighted by Crippen LogP contribution is -2.50. The number of rotatable bonds is 5. The van der Waals surface area contributed by atoms with E-state index in [1.165, 1.54) is 0 Å². The molecule has 0 spiro atoms. The van der Waals surface area contributed by atoms with E-state index >= 15 is 0 Å². The zero-order valence-corrected chi connectivity index (χ0v) is 11.8. The third-order valence-corrected chi connectivity index (χ3v) is 3.85. The molecular formula is C15H23NO4. The van der Waals surface area contributed by atoms with Crippen molar-refractivity contribution in [1.29, 1.82) is 0 Å². The van der Waals surface area contributed by atoms with Gasteiger partial charge in [-0.1, -0.05) is 6.07 Å². The van der Waals surface area contributed by atoms with Crippen molar-refractivity contribution < 1.29 is 19.7 Å². The third kappa shape index (κ3) is 3.42. The average molecular weight is 281 g/mol. The van der Waals surface area contributed by atoms with Crippen molar-refractivity contribution in [2.45, 2.75) is 43.9 Å². The Morgan fingerprint density at radius 2 is 2.15 bits per heavy atom. The van der Waals surface area contributed by atoms with E-state index in [-0.39, 0.29) is 19.3 Å². The van der Waals surface area contributed by atoms with Crippen molar-refractivity contribution in [2.75, 3.05) is 13.7 Å². The molecule has 5 nitrogen and oxygen atoms in total. The standard InChI is InChI=1S/C15H23NO4/c1-19-14-7-11(9-17)4-5-13(14)20-12-3-2-6-15(16,8-12)10-18/h4-5,7,12,17-18H,2-3,6,8-10,16H2,1H3. The van der Waals surface area contributed by atoms with Gasteiger partial charge >= 0.3 is 0 Å². The van der Waals surface area contributed by atoms with Crippen LogP contribution in [0.1, 0.15) is 31.2 Å². The van der Waals surface area contributed by atoms with Crippen LogP contribution in [0.5, 0.6) is 11.5 Å². The van der Waals surface area contributed by atoms with E-state index < -0.39 is 5.54 Å². The molecule has 112 valence electrons. The van der Waals surface area contributed by atoms with Crippen LogP contribution >= 0.6 is 0 Å². The first-order valence-corrected chi connectivity index (χ1v) is 6.94. The van der Waals surface area contributed by atoms with Gasteiger partial charge in [-0.2, -0.15) is 0 Å². The number of benzene rings is 1. The summed E-state index contributed by atoms with van der Waals surface area (Å²) in [5.74, 6) is 1.26. The van der Waals surface area contributed by atoms with Crippen molar-refractivity contribution in [3.05, 3.63) is 23.8 Å². The summed E-state index contributed by atoms with van der Waals surface area (Å²) >= 11 is 0. The molecule has 4 N–H and O–H groups in total. The summed E-state index contributed by atoms with van der Waals surface area (Å²) in [7, 11) is 1.57. The summed E-state index contributed by atoms with van der Waals surface area (Å²) < 4.78 is 11.3. The number of ether oxygens (including phenoxy) is 2. The molecule has 1 aromatic rings. The Morgan fingerprint density at radius 3 is 2.80 bits per heavy atom. The number of nitrogens with two attached hydrogens (primary N) is 1. The highest BCUT2D eigenvalue weighted by Gasteiger charge is 2.33. The second-order valence-electron chi connectivity index (χ2n) is 5.50. The summed E-state index contributed by atoms with van der Waals surface area (Å²) in [5, 5.41) is 18.5. The Bertz CT molecular complexity index is 451. The maximum atomic E-state index is 9.37. The Balaban J connectivity index is 2.09. The molecule has 1 aliphatic rings. The van der Waals surface area contributed by atoms with E-state index in [0.717, 1.165) is 24.8 Å². The van der Waals surface area contributed by atoms with Gasteiger partial charge in [0.1, 0.15) is 6.10 Å². The van der Waals surface area contributed by atoms with Crippen LogP contribution < -0.4 is 15.2 Å². The molecule has 5 heteroatoms. The van der Waals surface area contributed by atoms with E-state index in [2.05, 4.69) is 0 Å². The van der Waals surface area contributed by atoms with Gasteiger partial charge in [-0.3, -0.25) is 0 Å². The van der Waals surface area contributed by atoms with E-state index in [4.69, 9.17) is 20.3 Å². The van der Waals surface area contributed by atoms with Gasteiger partial charge in [0.05, 0.1) is 20.3 Å². The predicted molar refractivity (Wildman–Crippen MR) is 75.8 cm³/mol. The highest BCUT2D eigenvalue weighted by Crippen LogP contribution is 2.34. The van der Waals surface area contributed by atoms with Gasteiger partial charge in [0.15, 0.2) is 11.5 Å². The van der Waals surface area contributed by atoms with Crippen LogP contribution in [0.2, 0.25) is 0 Å². The fourth-order valence-electron chi connectivity index (χ4n) is 2.67. The smallest absolute Gasteiger partial charge is 0.161 e. The van der Waals surface area contributed by atoms with Gasteiger partial charge in [-0.15, -0.1) is 0 Å².